The van der Waals surface area contributed by atoms with Gasteiger partial charge in [-0.2, -0.15) is 0 Å². The van der Waals surface area contributed by atoms with Crippen molar-refractivity contribution in [3.8, 4) is 0 Å². The highest BCUT2D eigenvalue weighted by molar-refractivity contribution is 8.01. The van der Waals surface area contributed by atoms with Crippen LogP contribution < -0.4 is 0 Å². The Balaban J connectivity index is 2.20. The van der Waals surface area contributed by atoms with Crippen LogP contribution in [0, 0.1) is 0 Å². The summed E-state index contributed by atoms with van der Waals surface area (Å²) >= 11 is 1.81. The van der Waals surface area contributed by atoms with Crippen LogP contribution in [0.1, 0.15) is 32.6 Å². The van der Waals surface area contributed by atoms with Crippen molar-refractivity contribution in [2.45, 2.75) is 43.4 Å². The zero-order valence-corrected chi connectivity index (χ0v) is 10.2. The number of allylic oxidation sites excluding steroid dienone is 1. The van der Waals surface area contributed by atoms with Crippen molar-refractivity contribution < 1.29 is 4.79 Å². The molecule has 0 N–H and O–H groups in total. The first kappa shape index (κ1) is 11.1. The van der Waals surface area contributed by atoms with Gasteiger partial charge in [0.15, 0.2) is 0 Å². The number of carbonyl (C=O) groups excluding carboxylic acids is 1. The molecule has 0 saturated carbocycles. The molecule has 2 saturated heterocycles. The van der Waals surface area contributed by atoms with Crippen LogP contribution in [0.4, 0.5) is 0 Å². The Morgan fingerprint density at radius 2 is 2.47 bits per heavy atom. The van der Waals surface area contributed by atoms with Crippen LogP contribution in [0.15, 0.2) is 12.7 Å². The average Bonchev–Trinajstić information content (AvgIpc) is 2.61. The van der Waals surface area contributed by atoms with Gasteiger partial charge in [0.25, 0.3) is 0 Å². The smallest absolute Gasteiger partial charge is 0.239 e. The van der Waals surface area contributed by atoms with E-state index in [4.69, 9.17) is 0 Å². The summed E-state index contributed by atoms with van der Waals surface area (Å²) in [5, 5.41) is 0. The van der Waals surface area contributed by atoms with Crippen molar-refractivity contribution >= 4 is 17.7 Å². The largest absolute Gasteiger partial charge is 0.338 e. The van der Waals surface area contributed by atoms with E-state index in [-0.39, 0.29) is 4.75 Å². The lowest BCUT2D eigenvalue weighted by Crippen LogP contribution is -2.45. The van der Waals surface area contributed by atoms with Crippen molar-refractivity contribution in [1.82, 2.24) is 4.90 Å². The zero-order chi connectivity index (χ0) is 10.9. The van der Waals surface area contributed by atoms with E-state index in [2.05, 4.69) is 18.4 Å². The molecule has 0 bridgehead atoms. The van der Waals surface area contributed by atoms with Crippen LogP contribution >= 0.6 is 11.8 Å². The summed E-state index contributed by atoms with van der Waals surface area (Å²) in [5.74, 6) is 1.45. The number of fused-ring (bicyclic) bond motifs is 1. The Kier molecular flexibility index (Phi) is 3.10. The molecule has 2 atom stereocenters. The molecule has 0 aromatic heterocycles. The summed E-state index contributed by atoms with van der Waals surface area (Å²) in [6, 6.07) is 0.525. The molecule has 0 aliphatic carbocycles. The van der Waals surface area contributed by atoms with Gasteiger partial charge in [-0.15, -0.1) is 18.3 Å². The minimum Gasteiger partial charge on any atom is -0.338 e. The molecule has 2 fully saturated rings. The van der Waals surface area contributed by atoms with Crippen molar-refractivity contribution in [1.29, 1.82) is 0 Å². The zero-order valence-electron chi connectivity index (χ0n) is 9.37. The molecule has 2 nitrogen and oxygen atoms in total. The van der Waals surface area contributed by atoms with E-state index in [1.54, 1.807) is 0 Å². The number of hydrogen-bond donors (Lipinski definition) is 0. The first-order valence-electron chi connectivity index (χ1n) is 5.73. The minimum absolute atomic E-state index is 0.249. The van der Waals surface area contributed by atoms with Crippen molar-refractivity contribution in [3.63, 3.8) is 0 Å². The van der Waals surface area contributed by atoms with Gasteiger partial charge in [0.2, 0.25) is 5.91 Å². The van der Waals surface area contributed by atoms with E-state index >= 15 is 0 Å². The van der Waals surface area contributed by atoms with Gasteiger partial charge in [0.05, 0.1) is 4.75 Å². The van der Waals surface area contributed by atoms with Gasteiger partial charge in [-0.05, 0) is 38.4 Å². The number of rotatable bonds is 2. The molecule has 2 rings (SSSR count). The molecule has 2 aliphatic heterocycles. The Hall–Kier alpha value is -0.440. The highest BCUT2D eigenvalue weighted by Gasteiger charge is 2.42. The molecule has 2 aliphatic rings. The van der Waals surface area contributed by atoms with Crippen LogP contribution in [0.3, 0.4) is 0 Å². The van der Waals surface area contributed by atoms with E-state index < -0.39 is 0 Å². The third-order valence-electron chi connectivity index (χ3n) is 3.50. The summed E-state index contributed by atoms with van der Waals surface area (Å²) in [6.45, 7) is 6.81. The second-order valence-electron chi connectivity index (χ2n) is 4.66. The quantitative estimate of drug-likeness (QED) is 0.673. The number of amides is 1. The third-order valence-corrected chi connectivity index (χ3v) is 4.91. The molecule has 1 amide bonds. The predicted molar refractivity (Wildman–Crippen MR) is 65.0 cm³/mol. The van der Waals surface area contributed by atoms with Crippen molar-refractivity contribution in [3.05, 3.63) is 12.7 Å². The Morgan fingerprint density at radius 3 is 3.20 bits per heavy atom. The van der Waals surface area contributed by atoms with E-state index in [0.717, 1.165) is 18.7 Å². The van der Waals surface area contributed by atoms with Crippen molar-refractivity contribution in [2.24, 2.45) is 0 Å². The summed E-state index contributed by atoms with van der Waals surface area (Å²) in [5.41, 5.74) is 0. The molecular weight excluding hydrogens is 206 g/mol. The lowest BCUT2D eigenvalue weighted by Gasteiger charge is -2.30. The number of hydrogen-bond acceptors (Lipinski definition) is 2. The molecule has 0 aromatic carbocycles. The number of nitrogens with zero attached hydrogens (tertiary/aromatic N) is 1. The summed E-state index contributed by atoms with van der Waals surface area (Å²) in [4.78, 5) is 14.5. The summed E-state index contributed by atoms with van der Waals surface area (Å²) < 4.78 is -0.249. The maximum atomic E-state index is 12.4. The Bertz CT molecular complexity index is 279. The fourth-order valence-corrected chi connectivity index (χ4v) is 3.93. The van der Waals surface area contributed by atoms with Gasteiger partial charge in [0, 0.05) is 12.6 Å². The molecule has 3 heteroatoms. The summed E-state index contributed by atoms with van der Waals surface area (Å²) in [7, 11) is 0. The van der Waals surface area contributed by atoms with Crippen LogP contribution in [-0.2, 0) is 4.79 Å². The van der Waals surface area contributed by atoms with E-state index in [0.29, 0.717) is 11.9 Å². The molecule has 0 spiro atoms. The summed E-state index contributed by atoms with van der Waals surface area (Å²) in [6.07, 6.45) is 6.23. The van der Waals surface area contributed by atoms with Crippen LogP contribution in [-0.4, -0.2) is 33.9 Å². The molecule has 0 aromatic rings. The van der Waals surface area contributed by atoms with E-state index in [9.17, 15) is 4.79 Å². The third kappa shape index (κ3) is 1.94. The predicted octanol–water partition coefficient (Wildman–Crippen LogP) is 2.45. The van der Waals surface area contributed by atoms with Crippen LogP contribution in [0.2, 0.25) is 0 Å². The lowest BCUT2D eigenvalue weighted by molar-refractivity contribution is -0.133. The maximum absolute atomic E-state index is 12.4. The van der Waals surface area contributed by atoms with Crippen molar-refractivity contribution in [2.75, 3.05) is 12.3 Å². The Morgan fingerprint density at radius 1 is 1.67 bits per heavy atom. The van der Waals surface area contributed by atoms with Crippen LogP contribution in [0.25, 0.3) is 0 Å². The monoisotopic (exact) mass is 225 g/mol. The second-order valence-corrected chi connectivity index (χ2v) is 6.25. The van der Waals surface area contributed by atoms with Gasteiger partial charge in [0.1, 0.15) is 0 Å². The van der Waals surface area contributed by atoms with Gasteiger partial charge in [-0.1, -0.05) is 6.08 Å². The number of thioether (sulfide) groups is 1. The standard InChI is InChI=1S/C12H19NOS/c1-3-7-12(2)11(14)13-8-4-5-10(13)6-9-15-12/h3,10H,1,4-9H2,2H3/t10-,12-/m0/s1. The maximum Gasteiger partial charge on any atom is 0.239 e. The topological polar surface area (TPSA) is 20.3 Å². The minimum atomic E-state index is -0.249. The van der Waals surface area contributed by atoms with Gasteiger partial charge >= 0.3 is 0 Å². The molecule has 0 radical (unpaired) electrons. The highest BCUT2D eigenvalue weighted by atomic mass is 32.2. The molecule has 2 heterocycles. The van der Waals surface area contributed by atoms with Gasteiger partial charge in [-0.3, -0.25) is 4.79 Å². The lowest BCUT2D eigenvalue weighted by atomic mass is 10.0. The molecular formula is C12H19NOS. The molecule has 84 valence electrons. The first-order chi connectivity index (χ1) is 7.17. The average molecular weight is 225 g/mol. The highest BCUT2D eigenvalue weighted by Crippen LogP contribution is 2.38. The van der Waals surface area contributed by atoms with Crippen LogP contribution in [0.5, 0.6) is 0 Å². The fourth-order valence-electron chi connectivity index (χ4n) is 2.61. The normalized spacial score (nSPS) is 36.2. The van der Waals surface area contributed by atoms with E-state index in [1.807, 2.05) is 17.8 Å². The van der Waals surface area contributed by atoms with Gasteiger partial charge < -0.3 is 4.90 Å². The van der Waals surface area contributed by atoms with Gasteiger partial charge in [-0.25, -0.2) is 0 Å². The SMILES string of the molecule is C=CC[C@]1(C)SCC[C@@H]2CCCN2C1=O. The second kappa shape index (κ2) is 4.20. The number of carbonyl (C=O) groups is 1. The Labute approximate surface area is 96.1 Å². The van der Waals surface area contributed by atoms with E-state index in [1.165, 1.54) is 19.3 Å². The first-order valence-corrected chi connectivity index (χ1v) is 6.72. The molecule has 15 heavy (non-hydrogen) atoms. The molecule has 0 unspecified atom stereocenters. The fraction of sp³-hybridized carbons (Fsp3) is 0.750.